The van der Waals surface area contributed by atoms with Crippen LogP contribution in [0.3, 0.4) is 0 Å². The average molecular weight is 425 g/mol. The van der Waals surface area contributed by atoms with Gasteiger partial charge >= 0.3 is 6.18 Å². The van der Waals surface area contributed by atoms with Crippen LogP contribution in [-0.4, -0.2) is 21.3 Å². The van der Waals surface area contributed by atoms with Crippen molar-refractivity contribution in [3.63, 3.8) is 0 Å². The number of nitrogens with zero attached hydrogens (tertiary/aromatic N) is 4. The summed E-state index contributed by atoms with van der Waals surface area (Å²) in [6.45, 7) is 0.943. The first kappa shape index (κ1) is 19.4. The molecule has 0 aliphatic carbocycles. The molecule has 0 unspecified atom stereocenters. The molecule has 0 saturated heterocycles. The number of aromatic nitrogens is 3. The molecule has 0 N–H and O–H groups in total. The van der Waals surface area contributed by atoms with Crippen LogP contribution in [-0.2, 0) is 19.1 Å². The van der Waals surface area contributed by atoms with Crippen molar-refractivity contribution in [3.05, 3.63) is 80.6 Å². The van der Waals surface area contributed by atoms with Gasteiger partial charge in [0.15, 0.2) is 5.82 Å². The Morgan fingerprint density at radius 2 is 1.86 bits per heavy atom. The van der Waals surface area contributed by atoms with Gasteiger partial charge in [-0.3, -0.25) is 4.79 Å². The van der Waals surface area contributed by atoms with Crippen molar-refractivity contribution in [3.8, 4) is 5.82 Å². The van der Waals surface area contributed by atoms with E-state index in [4.69, 9.17) is 11.6 Å². The molecule has 2 aromatic heterocycles. The molecule has 1 aliphatic heterocycles. The van der Waals surface area contributed by atoms with Crippen LogP contribution in [0.2, 0.25) is 5.02 Å². The van der Waals surface area contributed by atoms with E-state index in [1.807, 2.05) is 4.90 Å². The van der Waals surface area contributed by atoms with Crippen molar-refractivity contribution < 1.29 is 17.6 Å². The van der Waals surface area contributed by atoms with Gasteiger partial charge in [-0.25, -0.2) is 9.37 Å². The topological polar surface area (TPSA) is 51.0 Å². The lowest BCUT2D eigenvalue weighted by Gasteiger charge is -2.31. The summed E-state index contributed by atoms with van der Waals surface area (Å²) in [7, 11) is 0. The second-order valence-electron chi connectivity index (χ2n) is 6.55. The Balaban J connectivity index is 1.64. The fraction of sp³-hybridized carbons (Fsp3) is 0.211. The van der Waals surface area contributed by atoms with Crippen LogP contribution in [0.15, 0.2) is 47.5 Å². The Kier molecular flexibility index (Phi) is 4.77. The van der Waals surface area contributed by atoms with Gasteiger partial charge in [0.1, 0.15) is 10.8 Å². The molecule has 1 aromatic carbocycles. The molecule has 0 fully saturated rings. The molecule has 10 heteroatoms. The Morgan fingerprint density at radius 1 is 1.07 bits per heavy atom. The largest absolute Gasteiger partial charge is 0.417 e. The Labute approximate surface area is 167 Å². The summed E-state index contributed by atoms with van der Waals surface area (Å²) < 4.78 is 52.3. The van der Waals surface area contributed by atoms with Crippen LogP contribution >= 0.6 is 11.6 Å². The van der Waals surface area contributed by atoms with Gasteiger partial charge < -0.3 is 4.90 Å². The van der Waals surface area contributed by atoms with Gasteiger partial charge in [-0.15, -0.1) is 0 Å². The van der Waals surface area contributed by atoms with Gasteiger partial charge in [-0.05, 0) is 41.8 Å². The van der Waals surface area contributed by atoms with Crippen LogP contribution in [0, 0.1) is 5.82 Å². The molecule has 3 aromatic rings. The molecule has 29 heavy (non-hydrogen) atoms. The molecule has 0 spiro atoms. The molecular weight excluding hydrogens is 412 g/mol. The highest BCUT2D eigenvalue weighted by molar-refractivity contribution is 6.33. The standard InChI is InChI=1S/C19H13ClF4N4O/c20-17-15(27-6-5-11-7-14(21)3-1-12(11)10-27)9-26-28(18(17)29)16-4-2-13(8-25-16)19(22,23)24/h1-4,7-9H,5-6,10H2. The minimum atomic E-state index is -4.53. The predicted octanol–water partition coefficient (Wildman–Crippen LogP) is 4.00. The monoisotopic (exact) mass is 424 g/mol. The van der Waals surface area contributed by atoms with Crippen LogP contribution < -0.4 is 10.5 Å². The third-order valence-electron chi connectivity index (χ3n) is 4.71. The van der Waals surface area contributed by atoms with E-state index in [0.717, 1.165) is 27.9 Å². The summed E-state index contributed by atoms with van der Waals surface area (Å²) in [5.74, 6) is -0.376. The Hall–Kier alpha value is -2.94. The van der Waals surface area contributed by atoms with E-state index in [0.29, 0.717) is 31.4 Å². The van der Waals surface area contributed by atoms with Crippen molar-refractivity contribution in [1.82, 2.24) is 14.8 Å². The van der Waals surface area contributed by atoms with Gasteiger partial charge in [0.25, 0.3) is 5.56 Å². The van der Waals surface area contributed by atoms with Gasteiger partial charge in [0.05, 0.1) is 17.4 Å². The third kappa shape index (κ3) is 3.69. The quantitative estimate of drug-likeness (QED) is 0.583. The lowest BCUT2D eigenvalue weighted by Crippen LogP contribution is -2.33. The van der Waals surface area contributed by atoms with Crippen LogP contribution in [0.1, 0.15) is 16.7 Å². The number of anilines is 1. The zero-order valence-electron chi connectivity index (χ0n) is 14.7. The fourth-order valence-corrected chi connectivity index (χ4v) is 3.46. The molecule has 3 heterocycles. The number of hydrogen-bond acceptors (Lipinski definition) is 4. The van der Waals surface area contributed by atoms with Crippen molar-refractivity contribution in [1.29, 1.82) is 0 Å². The van der Waals surface area contributed by atoms with E-state index >= 15 is 0 Å². The first-order valence-corrected chi connectivity index (χ1v) is 8.95. The number of benzene rings is 1. The fourth-order valence-electron chi connectivity index (χ4n) is 3.21. The van der Waals surface area contributed by atoms with Gasteiger partial charge in [0.2, 0.25) is 0 Å². The SMILES string of the molecule is O=c1c(Cl)c(N2CCc3cc(F)ccc3C2)cnn1-c1ccc(C(F)(F)F)cn1. The maximum Gasteiger partial charge on any atom is 0.417 e. The first-order valence-electron chi connectivity index (χ1n) is 8.58. The van der Waals surface area contributed by atoms with Gasteiger partial charge in [-0.2, -0.15) is 23.0 Å². The smallest absolute Gasteiger partial charge is 0.364 e. The highest BCUT2D eigenvalue weighted by Gasteiger charge is 2.31. The van der Waals surface area contributed by atoms with E-state index < -0.39 is 17.3 Å². The van der Waals surface area contributed by atoms with Gasteiger partial charge in [-0.1, -0.05) is 17.7 Å². The van der Waals surface area contributed by atoms with E-state index in [2.05, 4.69) is 10.1 Å². The van der Waals surface area contributed by atoms with Crippen LogP contribution in [0.25, 0.3) is 5.82 Å². The van der Waals surface area contributed by atoms with E-state index in [1.54, 1.807) is 6.07 Å². The van der Waals surface area contributed by atoms with Gasteiger partial charge in [0, 0.05) is 19.3 Å². The molecule has 4 rings (SSSR count). The zero-order chi connectivity index (χ0) is 20.8. The summed E-state index contributed by atoms with van der Waals surface area (Å²) >= 11 is 6.26. The average Bonchev–Trinajstić information content (AvgIpc) is 2.69. The number of hydrogen-bond donors (Lipinski definition) is 0. The molecule has 1 aliphatic rings. The summed E-state index contributed by atoms with van der Waals surface area (Å²) in [6.07, 6.45) is -1.95. The van der Waals surface area contributed by atoms with E-state index in [1.165, 1.54) is 18.3 Å². The zero-order valence-corrected chi connectivity index (χ0v) is 15.5. The second kappa shape index (κ2) is 7.14. The number of alkyl halides is 3. The molecular formula is C19H13ClF4N4O. The lowest BCUT2D eigenvalue weighted by molar-refractivity contribution is -0.137. The normalized spacial score (nSPS) is 14.0. The number of pyridine rings is 1. The second-order valence-corrected chi connectivity index (χ2v) is 6.93. The van der Waals surface area contributed by atoms with E-state index in [-0.39, 0.29) is 16.7 Å². The Morgan fingerprint density at radius 3 is 2.55 bits per heavy atom. The number of rotatable bonds is 2. The number of fused-ring (bicyclic) bond motifs is 1. The minimum absolute atomic E-state index is 0.0732. The molecule has 0 bridgehead atoms. The molecule has 0 amide bonds. The maximum atomic E-state index is 13.4. The van der Waals surface area contributed by atoms with Crippen molar-refractivity contribution in [2.24, 2.45) is 0 Å². The summed E-state index contributed by atoms with van der Waals surface area (Å²) in [5.41, 5.74) is 0.589. The van der Waals surface area contributed by atoms with Crippen molar-refractivity contribution in [2.45, 2.75) is 19.1 Å². The summed E-state index contributed by atoms with van der Waals surface area (Å²) in [6, 6.07) is 6.42. The third-order valence-corrected chi connectivity index (χ3v) is 5.07. The minimum Gasteiger partial charge on any atom is -0.364 e. The predicted molar refractivity (Wildman–Crippen MR) is 98.8 cm³/mol. The molecule has 5 nitrogen and oxygen atoms in total. The molecule has 150 valence electrons. The maximum absolute atomic E-state index is 13.4. The number of halogens is 5. The summed E-state index contributed by atoms with van der Waals surface area (Å²) in [4.78, 5) is 18.2. The van der Waals surface area contributed by atoms with Crippen LogP contribution in [0.4, 0.5) is 23.2 Å². The molecule has 0 saturated carbocycles. The van der Waals surface area contributed by atoms with Crippen LogP contribution in [0.5, 0.6) is 0 Å². The van der Waals surface area contributed by atoms with Crippen molar-refractivity contribution >= 4 is 17.3 Å². The summed E-state index contributed by atoms with van der Waals surface area (Å²) in [5, 5.41) is 3.90. The van der Waals surface area contributed by atoms with Crippen molar-refractivity contribution in [2.75, 3.05) is 11.4 Å². The highest BCUT2D eigenvalue weighted by Crippen LogP contribution is 2.30. The first-order chi connectivity index (χ1) is 13.7. The molecule has 0 atom stereocenters. The van der Waals surface area contributed by atoms with E-state index in [9.17, 15) is 22.4 Å². The lowest BCUT2D eigenvalue weighted by atomic mass is 9.99. The highest BCUT2D eigenvalue weighted by atomic mass is 35.5. The Bertz CT molecular complexity index is 1130. The molecule has 0 radical (unpaired) electrons.